The molecule has 0 fully saturated rings. The minimum Gasteiger partial charge on any atom is -0.388 e. The lowest BCUT2D eigenvalue weighted by Gasteiger charge is -2.12. The van der Waals surface area contributed by atoms with Crippen LogP contribution in [0.5, 0.6) is 0 Å². The van der Waals surface area contributed by atoms with Gasteiger partial charge in [0.1, 0.15) is 0 Å². The predicted octanol–water partition coefficient (Wildman–Crippen LogP) is 2.57. The van der Waals surface area contributed by atoms with Crippen molar-refractivity contribution in [1.29, 1.82) is 0 Å². The van der Waals surface area contributed by atoms with Crippen molar-refractivity contribution in [1.82, 2.24) is 0 Å². The van der Waals surface area contributed by atoms with E-state index in [1.165, 1.54) is 0 Å². The fraction of sp³-hybridized carbons (Fsp3) is 0.500. The SMILES string of the molecule is CCC(O)c1cccc(C(O)CC)c1. The highest BCUT2D eigenvalue weighted by atomic mass is 16.3. The highest BCUT2D eigenvalue weighted by Gasteiger charge is 2.08. The zero-order chi connectivity index (χ0) is 10.6. The van der Waals surface area contributed by atoms with Gasteiger partial charge in [-0.15, -0.1) is 0 Å². The second-order valence-electron chi connectivity index (χ2n) is 3.52. The summed E-state index contributed by atoms with van der Waals surface area (Å²) in [4.78, 5) is 0. The van der Waals surface area contributed by atoms with E-state index in [1.54, 1.807) is 0 Å². The maximum absolute atomic E-state index is 9.63. The van der Waals surface area contributed by atoms with Crippen molar-refractivity contribution in [3.05, 3.63) is 35.4 Å². The standard InChI is InChI=1S/C12H18O2/c1-3-11(13)9-6-5-7-10(8-9)12(14)4-2/h5-8,11-14H,3-4H2,1-2H3. The number of benzene rings is 1. The zero-order valence-corrected chi connectivity index (χ0v) is 8.77. The molecule has 14 heavy (non-hydrogen) atoms. The van der Waals surface area contributed by atoms with Gasteiger partial charge in [-0.3, -0.25) is 0 Å². The summed E-state index contributed by atoms with van der Waals surface area (Å²) >= 11 is 0. The highest BCUT2D eigenvalue weighted by Crippen LogP contribution is 2.22. The number of aliphatic hydroxyl groups is 2. The molecule has 0 aliphatic rings. The van der Waals surface area contributed by atoms with Crippen LogP contribution < -0.4 is 0 Å². The Balaban J connectivity index is 2.89. The average molecular weight is 194 g/mol. The maximum Gasteiger partial charge on any atom is 0.0787 e. The molecule has 1 rings (SSSR count). The van der Waals surface area contributed by atoms with E-state index in [4.69, 9.17) is 0 Å². The first-order valence-electron chi connectivity index (χ1n) is 5.15. The Morgan fingerprint density at radius 2 is 1.43 bits per heavy atom. The first kappa shape index (κ1) is 11.2. The first-order valence-corrected chi connectivity index (χ1v) is 5.15. The molecule has 2 atom stereocenters. The number of aliphatic hydroxyl groups excluding tert-OH is 2. The van der Waals surface area contributed by atoms with Crippen LogP contribution in [0.3, 0.4) is 0 Å². The Morgan fingerprint density at radius 3 is 1.79 bits per heavy atom. The highest BCUT2D eigenvalue weighted by molar-refractivity contribution is 5.26. The third kappa shape index (κ3) is 2.56. The van der Waals surface area contributed by atoms with Gasteiger partial charge in [0.05, 0.1) is 12.2 Å². The summed E-state index contributed by atoms with van der Waals surface area (Å²) in [6.07, 6.45) is 0.565. The van der Waals surface area contributed by atoms with E-state index in [1.807, 2.05) is 38.1 Å². The van der Waals surface area contributed by atoms with Gasteiger partial charge in [-0.05, 0) is 24.0 Å². The molecule has 0 heterocycles. The molecule has 0 spiro atoms. The summed E-state index contributed by atoms with van der Waals surface area (Å²) < 4.78 is 0. The molecule has 0 aliphatic carbocycles. The van der Waals surface area contributed by atoms with E-state index >= 15 is 0 Å². The van der Waals surface area contributed by atoms with Crippen LogP contribution in [0.2, 0.25) is 0 Å². The summed E-state index contributed by atoms with van der Waals surface area (Å²) in [5.74, 6) is 0. The van der Waals surface area contributed by atoms with Crippen molar-refractivity contribution >= 4 is 0 Å². The van der Waals surface area contributed by atoms with Gasteiger partial charge >= 0.3 is 0 Å². The van der Waals surface area contributed by atoms with Crippen molar-refractivity contribution < 1.29 is 10.2 Å². The quantitative estimate of drug-likeness (QED) is 0.773. The zero-order valence-electron chi connectivity index (χ0n) is 8.77. The molecule has 78 valence electrons. The molecule has 0 aliphatic heterocycles. The minimum atomic E-state index is -0.418. The molecule has 0 saturated carbocycles. The molecular formula is C12H18O2. The summed E-state index contributed by atoms with van der Waals surface area (Å²) in [7, 11) is 0. The molecule has 0 saturated heterocycles. The van der Waals surface area contributed by atoms with Crippen molar-refractivity contribution in [3.8, 4) is 0 Å². The number of hydrogen-bond donors (Lipinski definition) is 2. The third-order valence-corrected chi connectivity index (χ3v) is 2.45. The van der Waals surface area contributed by atoms with Crippen molar-refractivity contribution in [2.24, 2.45) is 0 Å². The van der Waals surface area contributed by atoms with Crippen molar-refractivity contribution in [3.63, 3.8) is 0 Å². The molecular weight excluding hydrogens is 176 g/mol. The van der Waals surface area contributed by atoms with Crippen LogP contribution in [0, 0.1) is 0 Å². The number of hydrogen-bond acceptors (Lipinski definition) is 2. The van der Waals surface area contributed by atoms with Crippen molar-refractivity contribution in [2.75, 3.05) is 0 Å². The smallest absolute Gasteiger partial charge is 0.0787 e. The van der Waals surface area contributed by atoms with E-state index in [-0.39, 0.29) is 0 Å². The fourth-order valence-electron chi connectivity index (χ4n) is 1.44. The van der Waals surface area contributed by atoms with E-state index in [2.05, 4.69) is 0 Å². The monoisotopic (exact) mass is 194 g/mol. The first-order chi connectivity index (χ1) is 6.69. The van der Waals surface area contributed by atoms with Gasteiger partial charge in [0, 0.05) is 0 Å². The van der Waals surface area contributed by atoms with Crippen LogP contribution in [-0.2, 0) is 0 Å². The Bertz CT molecular complexity index is 258. The van der Waals surface area contributed by atoms with Crippen LogP contribution in [0.15, 0.2) is 24.3 Å². The molecule has 2 nitrogen and oxygen atoms in total. The molecule has 2 unspecified atom stereocenters. The fourth-order valence-corrected chi connectivity index (χ4v) is 1.44. The topological polar surface area (TPSA) is 40.5 Å². The Kier molecular flexibility index (Phi) is 4.11. The largest absolute Gasteiger partial charge is 0.388 e. The molecule has 2 heteroatoms. The molecule has 0 amide bonds. The van der Waals surface area contributed by atoms with Crippen LogP contribution in [0.1, 0.15) is 50.0 Å². The van der Waals surface area contributed by atoms with Gasteiger partial charge in [0.15, 0.2) is 0 Å². The predicted molar refractivity (Wildman–Crippen MR) is 56.9 cm³/mol. The van der Waals surface area contributed by atoms with Crippen LogP contribution in [0.25, 0.3) is 0 Å². The lowest BCUT2D eigenvalue weighted by atomic mass is 10.0. The van der Waals surface area contributed by atoms with Gasteiger partial charge in [0.25, 0.3) is 0 Å². The van der Waals surface area contributed by atoms with Gasteiger partial charge in [0.2, 0.25) is 0 Å². The van der Waals surface area contributed by atoms with Gasteiger partial charge < -0.3 is 10.2 Å². The lowest BCUT2D eigenvalue weighted by Crippen LogP contribution is -1.99. The van der Waals surface area contributed by atoms with Crippen LogP contribution in [-0.4, -0.2) is 10.2 Å². The molecule has 1 aromatic rings. The van der Waals surface area contributed by atoms with E-state index < -0.39 is 12.2 Å². The van der Waals surface area contributed by atoms with E-state index in [0.29, 0.717) is 12.8 Å². The third-order valence-electron chi connectivity index (χ3n) is 2.45. The molecule has 0 aromatic heterocycles. The Morgan fingerprint density at radius 1 is 1.00 bits per heavy atom. The van der Waals surface area contributed by atoms with E-state index in [9.17, 15) is 10.2 Å². The molecule has 1 aromatic carbocycles. The van der Waals surface area contributed by atoms with Gasteiger partial charge in [-0.25, -0.2) is 0 Å². The lowest BCUT2D eigenvalue weighted by molar-refractivity contribution is 0.167. The summed E-state index contributed by atoms with van der Waals surface area (Å²) in [5.41, 5.74) is 1.77. The summed E-state index contributed by atoms with van der Waals surface area (Å²) in [5, 5.41) is 19.3. The normalized spacial score (nSPS) is 15.1. The minimum absolute atomic E-state index is 0.418. The molecule has 0 bridgehead atoms. The summed E-state index contributed by atoms with van der Waals surface area (Å²) in [6.45, 7) is 3.88. The van der Waals surface area contributed by atoms with Crippen molar-refractivity contribution in [2.45, 2.75) is 38.9 Å². The summed E-state index contributed by atoms with van der Waals surface area (Å²) in [6, 6.07) is 7.53. The Hall–Kier alpha value is -0.860. The maximum atomic E-state index is 9.63. The second kappa shape index (κ2) is 5.13. The molecule has 0 radical (unpaired) electrons. The van der Waals surface area contributed by atoms with Crippen LogP contribution in [0.4, 0.5) is 0 Å². The average Bonchev–Trinajstić information content (AvgIpc) is 2.27. The number of rotatable bonds is 4. The molecule has 2 N–H and O–H groups in total. The van der Waals surface area contributed by atoms with Crippen LogP contribution >= 0.6 is 0 Å². The van der Waals surface area contributed by atoms with E-state index in [0.717, 1.165) is 11.1 Å². The van der Waals surface area contributed by atoms with Gasteiger partial charge in [-0.2, -0.15) is 0 Å². The second-order valence-corrected chi connectivity index (χ2v) is 3.52. The Labute approximate surface area is 85.2 Å². The van der Waals surface area contributed by atoms with Gasteiger partial charge in [-0.1, -0.05) is 38.1 Å².